The van der Waals surface area contributed by atoms with Crippen molar-refractivity contribution in [1.29, 1.82) is 0 Å². The van der Waals surface area contributed by atoms with Crippen LogP contribution in [0.2, 0.25) is 0 Å². The number of nitrogens with zero attached hydrogens (tertiary/aromatic N) is 3. The van der Waals surface area contributed by atoms with E-state index in [0.717, 1.165) is 37.6 Å². The van der Waals surface area contributed by atoms with E-state index in [2.05, 4.69) is 24.8 Å². The van der Waals surface area contributed by atoms with Crippen LogP contribution < -0.4 is 5.32 Å². The maximum Gasteiger partial charge on any atom is 0.354 e. The number of aromatic nitrogens is 3. The number of piperazine rings is 1. The lowest BCUT2D eigenvalue weighted by atomic mass is 10.1. The molecule has 0 spiro atoms. The maximum atomic E-state index is 11.5. The number of methoxy groups -OCH3 is 1. The van der Waals surface area contributed by atoms with Gasteiger partial charge in [0.2, 0.25) is 0 Å². The fraction of sp³-hybridized carbons (Fsp3) is 0.467. The molecule has 118 valence electrons. The van der Waals surface area contributed by atoms with Crippen LogP contribution in [0.1, 0.15) is 27.9 Å². The van der Waals surface area contributed by atoms with Crippen LogP contribution in [0.4, 0.5) is 0 Å². The van der Waals surface area contributed by atoms with Gasteiger partial charge in [-0.05, 0) is 11.6 Å². The lowest BCUT2D eigenvalue weighted by Crippen LogP contribution is -2.46. The number of carbonyl (C=O) groups is 1. The largest absolute Gasteiger partial charge is 0.464 e. The average Bonchev–Trinajstić information content (AvgIpc) is 3.16. The summed E-state index contributed by atoms with van der Waals surface area (Å²) < 4.78 is 6.79. The Bertz CT molecular complexity index is 648. The Labute approximate surface area is 129 Å². The first-order valence-electron chi connectivity index (χ1n) is 7.36. The second-order valence-corrected chi connectivity index (χ2v) is 5.50. The predicted octanol–water partition coefficient (Wildman–Crippen LogP) is 0.681. The number of carbonyl (C=O) groups excluding carboxylic acids is 1. The number of nitrogens with one attached hydrogen (secondary N) is 2. The molecule has 1 saturated heterocycles. The Hall–Kier alpha value is -2.12. The average molecular weight is 303 g/mol. The Morgan fingerprint density at radius 2 is 2.41 bits per heavy atom. The third-order valence-electron chi connectivity index (χ3n) is 4.04. The molecule has 2 N–H and O–H groups in total. The first kappa shape index (κ1) is 14.8. The summed E-state index contributed by atoms with van der Waals surface area (Å²) in [7, 11) is 3.40. The van der Waals surface area contributed by atoms with E-state index in [0.29, 0.717) is 5.69 Å². The van der Waals surface area contributed by atoms with Gasteiger partial charge in [-0.1, -0.05) is 0 Å². The van der Waals surface area contributed by atoms with Gasteiger partial charge in [-0.2, -0.15) is 0 Å². The standard InChI is InChI=1S/C15H21N5O2/c1-19-5-4-17-14(19)13-9-16-3-6-20(13)10-11-7-12(18-8-11)15(21)22-2/h4-5,7-8,13,16,18H,3,6,9-10H2,1-2H3. The highest BCUT2D eigenvalue weighted by Gasteiger charge is 2.27. The molecule has 1 fully saturated rings. The smallest absolute Gasteiger partial charge is 0.354 e. The fourth-order valence-electron chi connectivity index (χ4n) is 2.88. The van der Waals surface area contributed by atoms with Crippen LogP contribution in [-0.2, 0) is 18.3 Å². The zero-order chi connectivity index (χ0) is 15.5. The molecule has 1 aliphatic rings. The van der Waals surface area contributed by atoms with Crippen LogP contribution in [-0.4, -0.2) is 52.1 Å². The minimum absolute atomic E-state index is 0.227. The molecule has 1 atom stereocenters. The summed E-state index contributed by atoms with van der Waals surface area (Å²) in [4.78, 5) is 21.3. The molecule has 7 nitrogen and oxygen atoms in total. The highest BCUT2D eigenvalue weighted by atomic mass is 16.5. The van der Waals surface area contributed by atoms with Gasteiger partial charge in [0, 0.05) is 51.8 Å². The number of hydrogen-bond acceptors (Lipinski definition) is 5. The van der Waals surface area contributed by atoms with Crippen molar-refractivity contribution in [3.05, 3.63) is 41.7 Å². The molecule has 1 aliphatic heterocycles. The van der Waals surface area contributed by atoms with Gasteiger partial charge in [0.15, 0.2) is 0 Å². The second kappa shape index (κ2) is 6.33. The normalized spacial score (nSPS) is 19.3. The van der Waals surface area contributed by atoms with Crippen LogP contribution >= 0.6 is 0 Å². The van der Waals surface area contributed by atoms with Gasteiger partial charge in [0.1, 0.15) is 11.5 Å². The molecule has 22 heavy (non-hydrogen) atoms. The van der Waals surface area contributed by atoms with Gasteiger partial charge in [-0.25, -0.2) is 9.78 Å². The number of rotatable bonds is 4. The topological polar surface area (TPSA) is 75.2 Å². The van der Waals surface area contributed by atoms with Gasteiger partial charge >= 0.3 is 5.97 Å². The van der Waals surface area contributed by atoms with Crippen molar-refractivity contribution in [2.75, 3.05) is 26.7 Å². The van der Waals surface area contributed by atoms with E-state index in [1.165, 1.54) is 7.11 Å². The Morgan fingerprint density at radius 1 is 1.55 bits per heavy atom. The summed E-state index contributed by atoms with van der Waals surface area (Å²) in [6, 6.07) is 2.08. The lowest BCUT2D eigenvalue weighted by molar-refractivity contribution is 0.0594. The summed E-state index contributed by atoms with van der Waals surface area (Å²) in [5.41, 5.74) is 1.56. The van der Waals surface area contributed by atoms with Crippen LogP contribution in [0.5, 0.6) is 0 Å². The maximum absolute atomic E-state index is 11.5. The number of H-pyrrole nitrogens is 1. The first-order valence-corrected chi connectivity index (χ1v) is 7.36. The summed E-state index contributed by atoms with van der Waals surface area (Å²) in [6.45, 7) is 3.54. The van der Waals surface area contributed by atoms with Crippen molar-refractivity contribution in [1.82, 2.24) is 24.8 Å². The number of aryl methyl sites for hydroxylation is 1. The van der Waals surface area contributed by atoms with E-state index in [4.69, 9.17) is 4.74 Å². The summed E-state index contributed by atoms with van der Waals surface area (Å²) >= 11 is 0. The second-order valence-electron chi connectivity index (χ2n) is 5.50. The van der Waals surface area contributed by atoms with Crippen molar-refractivity contribution < 1.29 is 9.53 Å². The number of ether oxygens (including phenoxy) is 1. The highest BCUT2D eigenvalue weighted by Crippen LogP contribution is 2.22. The van der Waals surface area contributed by atoms with E-state index in [1.807, 2.05) is 31.7 Å². The summed E-state index contributed by atoms with van der Waals surface area (Å²) in [5, 5.41) is 3.42. The first-order chi connectivity index (χ1) is 10.7. The zero-order valence-corrected chi connectivity index (χ0v) is 12.9. The molecule has 0 aromatic carbocycles. The van der Waals surface area contributed by atoms with Gasteiger partial charge < -0.3 is 19.6 Å². The van der Waals surface area contributed by atoms with Crippen molar-refractivity contribution in [3.63, 3.8) is 0 Å². The van der Waals surface area contributed by atoms with E-state index in [9.17, 15) is 4.79 Å². The molecule has 2 aromatic heterocycles. The molecule has 2 aromatic rings. The third kappa shape index (κ3) is 2.90. The van der Waals surface area contributed by atoms with Crippen molar-refractivity contribution >= 4 is 5.97 Å². The number of hydrogen-bond donors (Lipinski definition) is 2. The quantitative estimate of drug-likeness (QED) is 0.813. The van der Waals surface area contributed by atoms with E-state index in [-0.39, 0.29) is 12.0 Å². The van der Waals surface area contributed by atoms with E-state index < -0.39 is 0 Å². The molecule has 0 saturated carbocycles. The third-order valence-corrected chi connectivity index (χ3v) is 4.04. The molecule has 3 rings (SSSR count). The predicted molar refractivity (Wildman–Crippen MR) is 81.4 cm³/mol. The fourth-order valence-corrected chi connectivity index (χ4v) is 2.88. The van der Waals surface area contributed by atoms with Gasteiger partial charge in [-0.3, -0.25) is 4.90 Å². The van der Waals surface area contributed by atoms with Crippen molar-refractivity contribution in [3.8, 4) is 0 Å². The van der Waals surface area contributed by atoms with E-state index >= 15 is 0 Å². The summed E-state index contributed by atoms with van der Waals surface area (Å²) in [6.07, 6.45) is 5.66. The molecule has 0 aliphatic carbocycles. The monoisotopic (exact) mass is 303 g/mol. The minimum Gasteiger partial charge on any atom is -0.464 e. The van der Waals surface area contributed by atoms with Gasteiger partial charge in [0.25, 0.3) is 0 Å². The number of esters is 1. The molecule has 0 bridgehead atoms. The highest BCUT2D eigenvalue weighted by molar-refractivity contribution is 5.87. The number of imidazole rings is 1. The zero-order valence-electron chi connectivity index (χ0n) is 12.9. The van der Waals surface area contributed by atoms with Crippen LogP contribution in [0.25, 0.3) is 0 Å². The molecule has 3 heterocycles. The van der Waals surface area contributed by atoms with E-state index in [1.54, 1.807) is 0 Å². The van der Waals surface area contributed by atoms with Crippen LogP contribution in [0.3, 0.4) is 0 Å². The Morgan fingerprint density at radius 3 is 3.14 bits per heavy atom. The number of aromatic amines is 1. The molecule has 0 amide bonds. The van der Waals surface area contributed by atoms with Crippen LogP contribution in [0, 0.1) is 0 Å². The molecule has 0 radical (unpaired) electrons. The Kier molecular flexibility index (Phi) is 4.26. The SMILES string of the molecule is COC(=O)c1cc(CN2CCNCC2c2nccn2C)c[nH]1. The molecular formula is C15H21N5O2. The molecular weight excluding hydrogens is 282 g/mol. The summed E-state index contributed by atoms with van der Waals surface area (Å²) in [5.74, 6) is 0.711. The molecule has 7 heteroatoms. The lowest BCUT2D eigenvalue weighted by Gasteiger charge is -2.35. The van der Waals surface area contributed by atoms with Crippen LogP contribution in [0.15, 0.2) is 24.7 Å². The molecule has 1 unspecified atom stereocenters. The minimum atomic E-state index is -0.341. The van der Waals surface area contributed by atoms with Gasteiger partial charge in [-0.15, -0.1) is 0 Å². The Balaban J connectivity index is 1.76. The van der Waals surface area contributed by atoms with Gasteiger partial charge in [0.05, 0.1) is 13.2 Å². The van der Waals surface area contributed by atoms with Crippen molar-refractivity contribution in [2.24, 2.45) is 7.05 Å². The van der Waals surface area contributed by atoms with Crippen molar-refractivity contribution in [2.45, 2.75) is 12.6 Å².